The normalized spacial score (nSPS) is 12.3. The standard InChI is InChI=1S/C18H22N4O3S/c1-13-10-16(20-25-13)21-26(23,24)15-12-22(19-17(15)18(2,3)4)11-14-8-6-5-7-9-14/h5-10,12H,11H2,1-4H3,(H,20,21). The molecule has 0 unspecified atom stereocenters. The second kappa shape index (κ2) is 6.60. The fourth-order valence-corrected chi connectivity index (χ4v) is 3.92. The van der Waals surface area contributed by atoms with Crippen molar-refractivity contribution in [1.29, 1.82) is 0 Å². The van der Waals surface area contributed by atoms with Crippen LogP contribution in [-0.2, 0) is 22.0 Å². The number of sulfonamides is 1. The number of aryl methyl sites for hydroxylation is 1. The summed E-state index contributed by atoms with van der Waals surface area (Å²) in [6.45, 7) is 7.98. The molecule has 3 rings (SSSR count). The molecule has 1 aromatic carbocycles. The van der Waals surface area contributed by atoms with Crippen LogP contribution in [0.2, 0.25) is 0 Å². The first-order valence-corrected chi connectivity index (χ1v) is 9.71. The van der Waals surface area contributed by atoms with E-state index in [0.29, 0.717) is 18.0 Å². The summed E-state index contributed by atoms with van der Waals surface area (Å²) in [6, 6.07) is 11.3. The average Bonchev–Trinajstić information content (AvgIpc) is 3.14. The average molecular weight is 374 g/mol. The van der Waals surface area contributed by atoms with E-state index in [1.807, 2.05) is 51.1 Å². The zero-order chi connectivity index (χ0) is 18.9. The van der Waals surface area contributed by atoms with Crippen LogP contribution in [0.4, 0.5) is 5.82 Å². The van der Waals surface area contributed by atoms with Gasteiger partial charge in [-0.15, -0.1) is 0 Å². The minimum Gasteiger partial charge on any atom is -0.360 e. The van der Waals surface area contributed by atoms with Gasteiger partial charge >= 0.3 is 0 Å². The summed E-state index contributed by atoms with van der Waals surface area (Å²) < 4.78 is 34.8. The van der Waals surface area contributed by atoms with Gasteiger partial charge in [0.1, 0.15) is 10.7 Å². The maximum absolute atomic E-state index is 12.9. The van der Waals surface area contributed by atoms with Gasteiger partial charge in [0.25, 0.3) is 10.0 Å². The van der Waals surface area contributed by atoms with Crippen LogP contribution in [0.5, 0.6) is 0 Å². The number of nitrogens with zero attached hydrogens (tertiary/aromatic N) is 3. The van der Waals surface area contributed by atoms with Gasteiger partial charge in [0, 0.05) is 17.7 Å². The van der Waals surface area contributed by atoms with Crippen LogP contribution in [0, 0.1) is 6.92 Å². The Morgan fingerprint density at radius 3 is 2.46 bits per heavy atom. The van der Waals surface area contributed by atoms with Crippen LogP contribution in [-0.4, -0.2) is 23.4 Å². The van der Waals surface area contributed by atoms with Gasteiger partial charge in [-0.3, -0.25) is 9.40 Å². The summed E-state index contributed by atoms with van der Waals surface area (Å²) >= 11 is 0. The van der Waals surface area contributed by atoms with Crippen molar-refractivity contribution in [2.45, 2.75) is 44.6 Å². The van der Waals surface area contributed by atoms with Crippen LogP contribution < -0.4 is 4.72 Å². The molecule has 3 aromatic rings. The first kappa shape index (κ1) is 18.2. The van der Waals surface area contributed by atoms with Crippen LogP contribution in [0.3, 0.4) is 0 Å². The maximum Gasteiger partial charge on any atom is 0.266 e. The Kier molecular flexibility index (Phi) is 4.62. The molecule has 0 bridgehead atoms. The first-order valence-electron chi connectivity index (χ1n) is 8.23. The lowest BCUT2D eigenvalue weighted by Gasteiger charge is -2.17. The molecule has 0 spiro atoms. The third-order valence-corrected chi connectivity index (χ3v) is 5.14. The number of nitrogens with one attached hydrogen (secondary N) is 1. The van der Waals surface area contributed by atoms with Gasteiger partial charge < -0.3 is 4.52 Å². The molecule has 1 N–H and O–H groups in total. The van der Waals surface area contributed by atoms with E-state index < -0.39 is 15.4 Å². The van der Waals surface area contributed by atoms with E-state index in [0.717, 1.165) is 5.56 Å². The highest BCUT2D eigenvalue weighted by molar-refractivity contribution is 7.92. The molecule has 7 nitrogen and oxygen atoms in total. The van der Waals surface area contributed by atoms with E-state index in [1.165, 1.54) is 6.07 Å². The third kappa shape index (κ3) is 3.96. The minimum absolute atomic E-state index is 0.140. The van der Waals surface area contributed by atoms with Crippen molar-refractivity contribution in [3.8, 4) is 0 Å². The molecule has 0 aliphatic carbocycles. The smallest absolute Gasteiger partial charge is 0.266 e. The van der Waals surface area contributed by atoms with Crippen LogP contribution in [0.15, 0.2) is 52.0 Å². The molecule has 8 heteroatoms. The van der Waals surface area contributed by atoms with Crippen molar-refractivity contribution in [2.24, 2.45) is 0 Å². The molecule has 0 radical (unpaired) electrons. The fourth-order valence-electron chi connectivity index (χ4n) is 2.58. The second-order valence-corrected chi connectivity index (χ2v) is 8.85. The zero-order valence-electron chi connectivity index (χ0n) is 15.2. The highest BCUT2D eigenvalue weighted by Crippen LogP contribution is 2.29. The van der Waals surface area contributed by atoms with E-state index in [1.54, 1.807) is 17.8 Å². The lowest BCUT2D eigenvalue weighted by Crippen LogP contribution is -2.20. The SMILES string of the molecule is Cc1cc(NS(=O)(=O)c2cn(Cc3ccccc3)nc2C(C)(C)C)no1. The number of aromatic nitrogens is 3. The number of rotatable bonds is 5. The van der Waals surface area contributed by atoms with Crippen molar-refractivity contribution in [3.05, 3.63) is 59.6 Å². The molecule has 0 atom stereocenters. The van der Waals surface area contributed by atoms with Gasteiger partial charge in [0.2, 0.25) is 0 Å². The van der Waals surface area contributed by atoms with E-state index in [4.69, 9.17) is 4.52 Å². The topological polar surface area (TPSA) is 90.0 Å². The van der Waals surface area contributed by atoms with Gasteiger partial charge in [-0.2, -0.15) is 5.10 Å². The first-order chi connectivity index (χ1) is 12.1. The molecular formula is C18H22N4O3S. The van der Waals surface area contributed by atoms with Gasteiger partial charge in [-0.1, -0.05) is 56.3 Å². The summed E-state index contributed by atoms with van der Waals surface area (Å²) in [5, 5.41) is 8.24. The molecule has 138 valence electrons. The molecule has 0 saturated heterocycles. The molecule has 0 aliphatic heterocycles. The lowest BCUT2D eigenvalue weighted by molar-refractivity contribution is 0.400. The lowest BCUT2D eigenvalue weighted by atomic mass is 9.92. The molecule has 0 amide bonds. The molecular weight excluding hydrogens is 352 g/mol. The van der Waals surface area contributed by atoms with E-state index >= 15 is 0 Å². The number of hydrogen-bond acceptors (Lipinski definition) is 5. The summed E-state index contributed by atoms with van der Waals surface area (Å²) in [7, 11) is -3.84. The monoisotopic (exact) mass is 374 g/mol. The van der Waals surface area contributed by atoms with E-state index in [2.05, 4.69) is 15.0 Å². The van der Waals surface area contributed by atoms with E-state index in [9.17, 15) is 8.42 Å². The Labute approximate surface area is 153 Å². The van der Waals surface area contributed by atoms with Crippen molar-refractivity contribution in [3.63, 3.8) is 0 Å². The van der Waals surface area contributed by atoms with Gasteiger partial charge in [0.15, 0.2) is 5.82 Å². The number of benzene rings is 1. The Morgan fingerprint density at radius 1 is 1.19 bits per heavy atom. The second-order valence-electron chi connectivity index (χ2n) is 7.20. The molecule has 2 aromatic heterocycles. The minimum atomic E-state index is -3.84. The Morgan fingerprint density at radius 2 is 1.88 bits per heavy atom. The molecule has 0 saturated carbocycles. The van der Waals surface area contributed by atoms with Crippen molar-refractivity contribution in [2.75, 3.05) is 4.72 Å². The number of hydrogen-bond donors (Lipinski definition) is 1. The summed E-state index contributed by atoms with van der Waals surface area (Å²) in [4.78, 5) is 0.140. The van der Waals surface area contributed by atoms with Crippen LogP contribution >= 0.6 is 0 Å². The molecule has 2 heterocycles. The Hall–Kier alpha value is -2.61. The van der Waals surface area contributed by atoms with Crippen LogP contribution in [0.25, 0.3) is 0 Å². The Balaban J connectivity index is 1.99. The van der Waals surface area contributed by atoms with Gasteiger partial charge in [-0.25, -0.2) is 8.42 Å². The van der Waals surface area contributed by atoms with E-state index in [-0.39, 0.29) is 10.7 Å². The molecule has 0 aliphatic rings. The predicted molar refractivity (Wildman–Crippen MR) is 98.5 cm³/mol. The number of anilines is 1. The quantitative estimate of drug-likeness (QED) is 0.740. The zero-order valence-corrected chi connectivity index (χ0v) is 16.0. The maximum atomic E-state index is 12.9. The molecule has 0 fully saturated rings. The van der Waals surface area contributed by atoms with Crippen molar-refractivity contribution in [1.82, 2.24) is 14.9 Å². The summed E-state index contributed by atoms with van der Waals surface area (Å²) in [5.74, 6) is 0.677. The fraction of sp³-hybridized carbons (Fsp3) is 0.333. The largest absolute Gasteiger partial charge is 0.360 e. The third-order valence-electron chi connectivity index (χ3n) is 3.78. The predicted octanol–water partition coefficient (Wildman–Crippen LogP) is 3.33. The summed E-state index contributed by atoms with van der Waals surface area (Å²) in [5.41, 5.74) is 1.10. The summed E-state index contributed by atoms with van der Waals surface area (Å²) in [6.07, 6.45) is 1.56. The van der Waals surface area contributed by atoms with Gasteiger partial charge in [-0.05, 0) is 12.5 Å². The highest BCUT2D eigenvalue weighted by atomic mass is 32.2. The van der Waals surface area contributed by atoms with Crippen LogP contribution in [0.1, 0.15) is 37.8 Å². The molecule has 26 heavy (non-hydrogen) atoms. The highest BCUT2D eigenvalue weighted by Gasteiger charge is 2.30. The van der Waals surface area contributed by atoms with Crippen molar-refractivity contribution < 1.29 is 12.9 Å². The van der Waals surface area contributed by atoms with Gasteiger partial charge in [0.05, 0.1) is 12.2 Å². The van der Waals surface area contributed by atoms with Crippen molar-refractivity contribution >= 4 is 15.8 Å². The Bertz CT molecular complexity index is 999.